The highest BCUT2D eigenvalue weighted by Gasteiger charge is 2.35. The van der Waals surface area contributed by atoms with Gasteiger partial charge in [0.1, 0.15) is 34.1 Å². The fourth-order valence-electron chi connectivity index (χ4n) is 3.14. The number of nitrogens with zero attached hydrogens (tertiary/aromatic N) is 4. The van der Waals surface area contributed by atoms with Gasteiger partial charge in [-0.1, -0.05) is 24.3 Å². The van der Waals surface area contributed by atoms with Crippen molar-refractivity contribution in [3.8, 4) is 5.69 Å². The fraction of sp³-hybridized carbons (Fsp3) is 0.318. The summed E-state index contributed by atoms with van der Waals surface area (Å²) in [6.45, 7) is 6.98. The second-order valence-electron chi connectivity index (χ2n) is 8.25. The van der Waals surface area contributed by atoms with Crippen molar-refractivity contribution in [2.24, 2.45) is 4.99 Å². The Kier molecular flexibility index (Phi) is 6.73. The molecule has 2 aromatic heterocycles. The Morgan fingerprint density at radius 3 is 2.70 bits per heavy atom. The number of nitrogens with one attached hydrogen (secondary N) is 2. The number of rotatable bonds is 6. The first-order valence-corrected chi connectivity index (χ1v) is 10.3. The lowest BCUT2D eigenvalue weighted by atomic mass is 9.93. The zero-order valence-electron chi connectivity index (χ0n) is 18.8. The number of aromatic amines is 1. The van der Waals surface area contributed by atoms with Crippen molar-refractivity contribution in [2.75, 3.05) is 0 Å². The molecule has 1 aromatic carbocycles. The third kappa shape index (κ3) is 5.32. The highest BCUT2D eigenvalue weighted by atomic mass is 19.1. The Morgan fingerprint density at radius 1 is 1.33 bits per heavy atom. The summed E-state index contributed by atoms with van der Waals surface area (Å²) in [6, 6.07) is 9.37. The molecule has 11 heteroatoms. The predicted molar refractivity (Wildman–Crippen MR) is 119 cm³/mol. The van der Waals surface area contributed by atoms with E-state index in [-0.39, 0.29) is 23.6 Å². The van der Waals surface area contributed by atoms with E-state index in [9.17, 15) is 14.3 Å². The molecule has 33 heavy (non-hydrogen) atoms. The summed E-state index contributed by atoms with van der Waals surface area (Å²) in [7, 11) is 0. The summed E-state index contributed by atoms with van der Waals surface area (Å²) in [5.41, 5.74) is -1.09. The van der Waals surface area contributed by atoms with Crippen LogP contribution in [0.25, 0.3) is 5.69 Å². The Balaban J connectivity index is 1.91. The number of aliphatic hydroxyl groups is 1. The van der Waals surface area contributed by atoms with E-state index in [0.29, 0.717) is 11.4 Å². The van der Waals surface area contributed by atoms with Gasteiger partial charge in [0.15, 0.2) is 0 Å². The normalized spacial score (nSPS) is 13.9. The van der Waals surface area contributed by atoms with Gasteiger partial charge in [-0.25, -0.2) is 13.9 Å². The SMILES string of the molecule is CCC(O)(c1cn(-c2ccccc2F)nn1)c1ccc(C(=NC=[NH2+])NC(=O)OC(C)(C)C)[nH]1. The van der Waals surface area contributed by atoms with Crippen LogP contribution in [-0.2, 0) is 10.3 Å². The van der Waals surface area contributed by atoms with Crippen molar-refractivity contribution in [2.45, 2.75) is 45.3 Å². The van der Waals surface area contributed by atoms with Gasteiger partial charge in [-0.3, -0.25) is 10.7 Å². The second kappa shape index (κ2) is 9.33. The topological polar surface area (TPSA) is 143 Å². The first-order valence-electron chi connectivity index (χ1n) is 10.3. The molecular weight excluding hydrogens is 429 g/mol. The van der Waals surface area contributed by atoms with E-state index in [1.54, 1.807) is 58.0 Å². The molecule has 0 bridgehead atoms. The smallest absolute Gasteiger partial charge is 0.415 e. The van der Waals surface area contributed by atoms with Crippen molar-refractivity contribution in [3.63, 3.8) is 0 Å². The number of halogens is 1. The third-order valence-electron chi connectivity index (χ3n) is 4.74. The summed E-state index contributed by atoms with van der Waals surface area (Å²) >= 11 is 0. The van der Waals surface area contributed by atoms with E-state index >= 15 is 0 Å². The minimum atomic E-state index is -1.56. The number of amides is 1. The number of ether oxygens (including phenoxy) is 1. The standard InChI is InChI=1S/C22H26FN7O3/c1-5-22(32,18-12-30(29-28-18)16-9-7-6-8-14(16)23)17-11-10-15(26-17)19(25-13-24)27-20(31)33-21(2,3)4/h6-13,26,32H,5H2,1-4H3,(H2,24,25,27,31)/p+1. The molecule has 0 aliphatic heterocycles. The van der Waals surface area contributed by atoms with E-state index < -0.39 is 23.1 Å². The van der Waals surface area contributed by atoms with Crippen LogP contribution in [0.2, 0.25) is 0 Å². The molecular formula is C22H27FN7O3+. The molecule has 3 rings (SSSR count). The van der Waals surface area contributed by atoms with Crippen LogP contribution in [0.3, 0.4) is 0 Å². The van der Waals surface area contributed by atoms with Crippen LogP contribution in [0.1, 0.15) is 51.2 Å². The van der Waals surface area contributed by atoms with Crippen molar-refractivity contribution in [3.05, 3.63) is 65.5 Å². The molecule has 1 amide bonds. The van der Waals surface area contributed by atoms with Gasteiger partial charge in [0.25, 0.3) is 12.2 Å². The number of H-pyrrole nitrogens is 1. The fourth-order valence-corrected chi connectivity index (χ4v) is 3.14. The van der Waals surface area contributed by atoms with Crippen molar-refractivity contribution < 1.29 is 24.4 Å². The lowest BCUT2D eigenvalue weighted by Gasteiger charge is -2.23. The highest BCUT2D eigenvalue weighted by molar-refractivity contribution is 6.07. The number of benzene rings is 1. The van der Waals surface area contributed by atoms with Gasteiger partial charge in [0.2, 0.25) is 0 Å². The van der Waals surface area contributed by atoms with Crippen LogP contribution >= 0.6 is 0 Å². The van der Waals surface area contributed by atoms with Gasteiger partial charge >= 0.3 is 6.09 Å². The number of hydrogen-bond acceptors (Lipinski definition) is 5. The lowest BCUT2D eigenvalue weighted by Crippen LogP contribution is -2.38. The number of hydrogen-bond donors (Lipinski definition) is 4. The maximum atomic E-state index is 14.1. The number of nitrogens with two attached hydrogens (primary N) is 1. The molecule has 0 fully saturated rings. The molecule has 5 N–H and O–H groups in total. The van der Waals surface area contributed by atoms with Gasteiger partial charge in [-0.2, -0.15) is 0 Å². The summed E-state index contributed by atoms with van der Waals surface area (Å²) in [4.78, 5) is 19.2. The van der Waals surface area contributed by atoms with Gasteiger partial charge in [0, 0.05) is 0 Å². The zero-order chi connectivity index (χ0) is 24.2. The Hall–Kier alpha value is -3.86. The molecule has 2 heterocycles. The zero-order valence-corrected chi connectivity index (χ0v) is 18.8. The highest BCUT2D eigenvalue weighted by Crippen LogP contribution is 2.31. The molecule has 0 spiro atoms. The molecule has 1 atom stereocenters. The summed E-state index contributed by atoms with van der Waals surface area (Å²) in [5, 5.41) is 27.4. The monoisotopic (exact) mass is 456 g/mol. The Morgan fingerprint density at radius 2 is 2.06 bits per heavy atom. The first-order chi connectivity index (χ1) is 15.6. The van der Waals surface area contributed by atoms with Crippen molar-refractivity contribution in [1.29, 1.82) is 0 Å². The van der Waals surface area contributed by atoms with E-state index in [2.05, 4.69) is 25.6 Å². The molecule has 0 saturated heterocycles. The first kappa shape index (κ1) is 23.8. The van der Waals surface area contributed by atoms with Crippen molar-refractivity contribution in [1.82, 2.24) is 25.3 Å². The molecule has 0 radical (unpaired) electrons. The maximum absolute atomic E-state index is 14.1. The average Bonchev–Trinajstić information content (AvgIpc) is 3.43. The van der Waals surface area contributed by atoms with E-state index in [1.807, 2.05) is 0 Å². The summed E-state index contributed by atoms with van der Waals surface area (Å²) in [6.07, 6.45) is 2.01. The summed E-state index contributed by atoms with van der Waals surface area (Å²) in [5.74, 6) is -0.366. The van der Waals surface area contributed by atoms with Crippen LogP contribution in [0, 0.1) is 5.82 Å². The van der Waals surface area contributed by atoms with Gasteiger partial charge in [-0.15, -0.1) is 5.10 Å². The maximum Gasteiger partial charge on any atom is 0.415 e. The van der Waals surface area contributed by atoms with Crippen LogP contribution in [0.15, 0.2) is 47.6 Å². The van der Waals surface area contributed by atoms with Crippen LogP contribution < -0.4 is 10.7 Å². The molecule has 0 aliphatic carbocycles. The minimum Gasteiger partial charge on any atom is -0.444 e. The van der Waals surface area contributed by atoms with Crippen LogP contribution in [0.4, 0.5) is 9.18 Å². The molecule has 3 aromatic rings. The third-order valence-corrected chi connectivity index (χ3v) is 4.74. The lowest BCUT2D eigenvalue weighted by molar-refractivity contribution is -0.106. The van der Waals surface area contributed by atoms with Gasteiger partial charge in [-0.05, 0) is 56.4 Å². The molecule has 0 saturated carbocycles. The largest absolute Gasteiger partial charge is 0.444 e. The van der Waals surface area contributed by atoms with E-state index in [1.165, 1.54) is 16.9 Å². The number of para-hydroxylation sites is 1. The van der Waals surface area contributed by atoms with Crippen LogP contribution in [0.5, 0.6) is 0 Å². The minimum absolute atomic E-state index is 0.103. The average molecular weight is 457 g/mol. The van der Waals surface area contributed by atoms with Gasteiger partial charge < -0.3 is 14.8 Å². The van der Waals surface area contributed by atoms with Crippen molar-refractivity contribution >= 4 is 18.3 Å². The Labute approximate surface area is 190 Å². The van der Waals surface area contributed by atoms with E-state index in [4.69, 9.17) is 10.1 Å². The molecule has 174 valence electrons. The second-order valence-corrected chi connectivity index (χ2v) is 8.25. The number of carbonyl (C=O) groups is 1. The van der Waals surface area contributed by atoms with E-state index in [0.717, 1.165) is 6.34 Å². The molecule has 10 nitrogen and oxygen atoms in total. The molecule has 1 unspecified atom stereocenters. The number of aromatic nitrogens is 4. The quantitative estimate of drug-likeness (QED) is 0.328. The number of amidine groups is 1. The number of aliphatic imine (C=N–C) groups is 1. The van der Waals surface area contributed by atoms with Gasteiger partial charge in [0.05, 0.1) is 11.9 Å². The number of alkyl carbamates (subject to hydrolysis) is 1. The number of carbonyl (C=O) groups excluding carboxylic acids is 1. The Bertz CT molecular complexity index is 1180. The molecule has 0 aliphatic rings. The predicted octanol–water partition coefficient (Wildman–Crippen LogP) is 1.44. The van der Waals surface area contributed by atoms with Crippen LogP contribution in [-0.4, -0.2) is 49.0 Å². The summed E-state index contributed by atoms with van der Waals surface area (Å²) < 4.78 is 20.6.